The minimum atomic E-state index is -0.352. The average Bonchev–Trinajstić information content (AvgIpc) is 2.55. The summed E-state index contributed by atoms with van der Waals surface area (Å²) in [5, 5.41) is 6.35. The topological polar surface area (TPSA) is 50.4 Å². The molecule has 2 aromatic carbocycles. The molecule has 1 amide bonds. The molecule has 0 atom stereocenters. The van der Waals surface area contributed by atoms with Crippen molar-refractivity contribution in [1.82, 2.24) is 10.6 Å². The Morgan fingerprint density at radius 2 is 1.91 bits per heavy atom. The van der Waals surface area contributed by atoms with Gasteiger partial charge in [-0.2, -0.15) is 0 Å². The first-order valence-electron chi connectivity index (χ1n) is 7.32. The number of hydrogen-bond donors (Lipinski definition) is 2. The van der Waals surface area contributed by atoms with Gasteiger partial charge in [-0.25, -0.2) is 4.39 Å². The Labute approximate surface area is 139 Å². The summed E-state index contributed by atoms with van der Waals surface area (Å²) >= 11 is 5.97. The molecule has 0 saturated carbocycles. The van der Waals surface area contributed by atoms with Gasteiger partial charge in [-0.15, -0.1) is 0 Å². The largest absolute Gasteiger partial charge is 0.457 e. The molecule has 2 N–H and O–H groups in total. The maximum atomic E-state index is 12.9. The summed E-state index contributed by atoms with van der Waals surface area (Å²) in [4.78, 5) is 12.3. The van der Waals surface area contributed by atoms with Gasteiger partial charge in [0.05, 0.1) is 5.56 Å². The molecule has 6 heteroatoms. The van der Waals surface area contributed by atoms with Crippen LogP contribution in [-0.2, 0) is 0 Å². The number of nitrogens with one attached hydrogen (secondary N) is 2. The molecule has 2 rings (SSSR count). The molecule has 0 fully saturated rings. The highest BCUT2D eigenvalue weighted by molar-refractivity contribution is 6.31. The molecule has 0 aliphatic rings. The van der Waals surface area contributed by atoms with E-state index in [0.717, 1.165) is 6.54 Å². The lowest BCUT2D eigenvalue weighted by Gasteiger charge is -2.12. The smallest absolute Gasteiger partial charge is 0.255 e. The number of benzene rings is 2. The van der Waals surface area contributed by atoms with Crippen LogP contribution >= 0.6 is 11.6 Å². The van der Waals surface area contributed by atoms with Crippen LogP contribution in [0.4, 0.5) is 4.39 Å². The molecule has 0 spiro atoms. The zero-order chi connectivity index (χ0) is 16.7. The van der Waals surface area contributed by atoms with Crippen LogP contribution in [0.5, 0.6) is 11.5 Å². The Morgan fingerprint density at radius 3 is 2.61 bits per heavy atom. The van der Waals surface area contributed by atoms with Gasteiger partial charge < -0.3 is 15.4 Å². The number of carbonyl (C=O) groups excluding carboxylic acids is 1. The van der Waals surface area contributed by atoms with E-state index in [2.05, 4.69) is 10.6 Å². The van der Waals surface area contributed by atoms with E-state index in [1.54, 1.807) is 18.2 Å². The molecular weight excluding hydrogens is 319 g/mol. The first kappa shape index (κ1) is 17.2. The molecule has 0 aliphatic heterocycles. The van der Waals surface area contributed by atoms with Crippen molar-refractivity contribution in [2.45, 2.75) is 6.92 Å². The monoisotopic (exact) mass is 336 g/mol. The van der Waals surface area contributed by atoms with Crippen molar-refractivity contribution >= 4 is 17.5 Å². The van der Waals surface area contributed by atoms with Crippen LogP contribution in [0.15, 0.2) is 42.5 Å². The average molecular weight is 337 g/mol. The zero-order valence-corrected chi connectivity index (χ0v) is 13.5. The van der Waals surface area contributed by atoms with Crippen molar-refractivity contribution in [1.29, 1.82) is 0 Å². The van der Waals surface area contributed by atoms with Crippen LogP contribution < -0.4 is 15.4 Å². The van der Waals surface area contributed by atoms with Crippen LogP contribution in [-0.4, -0.2) is 25.5 Å². The number of halogens is 2. The molecule has 0 bridgehead atoms. The third-order valence-electron chi connectivity index (χ3n) is 3.07. The fourth-order valence-electron chi connectivity index (χ4n) is 1.93. The summed E-state index contributed by atoms with van der Waals surface area (Å²) in [7, 11) is 0. The number of likely N-dealkylation sites (N-methyl/N-ethyl adjacent to an activating group) is 1. The molecule has 0 unspecified atom stereocenters. The van der Waals surface area contributed by atoms with Gasteiger partial charge >= 0.3 is 0 Å². The van der Waals surface area contributed by atoms with E-state index in [4.69, 9.17) is 16.3 Å². The number of rotatable bonds is 7. The minimum absolute atomic E-state index is 0.275. The summed E-state index contributed by atoms with van der Waals surface area (Å²) in [6, 6.07) is 10.4. The predicted octanol–water partition coefficient (Wildman–Crippen LogP) is 3.61. The molecule has 122 valence electrons. The van der Waals surface area contributed by atoms with Gasteiger partial charge in [0, 0.05) is 18.1 Å². The lowest BCUT2D eigenvalue weighted by atomic mass is 10.2. The maximum Gasteiger partial charge on any atom is 0.255 e. The van der Waals surface area contributed by atoms with Crippen molar-refractivity contribution < 1.29 is 13.9 Å². The minimum Gasteiger partial charge on any atom is -0.457 e. The van der Waals surface area contributed by atoms with Gasteiger partial charge in [-0.05, 0) is 49.0 Å². The zero-order valence-electron chi connectivity index (χ0n) is 12.7. The van der Waals surface area contributed by atoms with E-state index >= 15 is 0 Å². The first-order valence-corrected chi connectivity index (χ1v) is 7.70. The summed E-state index contributed by atoms with van der Waals surface area (Å²) < 4.78 is 18.6. The van der Waals surface area contributed by atoms with Gasteiger partial charge in [-0.3, -0.25) is 4.79 Å². The Hall–Kier alpha value is -2.11. The molecule has 0 saturated heterocycles. The van der Waals surface area contributed by atoms with Crippen molar-refractivity contribution in [3.05, 3.63) is 58.9 Å². The van der Waals surface area contributed by atoms with Gasteiger partial charge in [0.25, 0.3) is 5.91 Å². The Bertz CT molecular complexity index is 662. The van der Waals surface area contributed by atoms with Gasteiger partial charge in [0.15, 0.2) is 0 Å². The van der Waals surface area contributed by atoms with Crippen LogP contribution in [0.3, 0.4) is 0 Å². The lowest BCUT2D eigenvalue weighted by molar-refractivity contribution is 0.0951. The molecule has 4 nitrogen and oxygen atoms in total. The van der Waals surface area contributed by atoms with Crippen molar-refractivity contribution in [2.75, 3.05) is 19.6 Å². The van der Waals surface area contributed by atoms with Crippen LogP contribution in [0.1, 0.15) is 17.3 Å². The maximum absolute atomic E-state index is 12.9. The number of ether oxygens (including phenoxy) is 1. The Kier molecular flexibility index (Phi) is 6.38. The second-order valence-electron chi connectivity index (χ2n) is 4.81. The van der Waals surface area contributed by atoms with Crippen molar-refractivity contribution in [2.24, 2.45) is 0 Å². The third kappa shape index (κ3) is 5.23. The van der Waals surface area contributed by atoms with Crippen molar-refractivity contribution in [3.8, 4) is 11.5 Å². The van der Waals surface area contributed by atoms with Crippen LogP contribution in [0.2, 0.25) is 5.02 Å². The third-order valence-corrected chi connectivity index (χ3v) is 3.30. The van der Waals surface area contributed by atoms with Crippen LogP contribution in [0, 0.1) is 5.82 Å². The predicted molar refractivity (Wildman–Crippen MR) is 88.8 cm³/mol. The summed E-state index contributed by atoms with van der Waals surface area (Å²) in [5.41, 5.74) is 0.332. The van der Waals surface area contributed by atoms with E-state index in [9.17, 15) is 9.18 Å². The Balaban J connectivity index is 2.13. The van der Waals surface area contributed by atoms with E-state index in [1.807, 2.05) is 6.92 Å². The van der Waals surface area contributed by atoms with Crippen LogP contribution in [0.25, 0.3) is 0 Å². The SMILES string of the molecule is CCNCCNC(=O)c1cc(Cl)ccc1Oc1ccc(F)cc1. The van der Waals surface area contributed by atoms with E-state index in [-0.39, 0.29) is 11.7 Å². The van der Waals surface area contributed by atoms with E-state index in [1.165, 1.54) is 24.3 Å². The van der Waals surface area contributed by atoms with Gasteiger partial charge in [-0.1, -0.05) is 18.5 Å². The summed E-state index contributed by atoms with van der Waals surface area (Å²) in [6.07, 6.45) is 0. The van der Waals surface area contributed by atoms with E-state index in [0.29, 0.717) is 35.2 Å². The molecule has 0 aromatic heterocycles. The highest BCUT2D eigenvalue weighted by Gasteiger charge is 2.14. The normalized spacial score (nSPS) is 10.4. The molecule has 23 heavy (non-hydrogen) atoms. The molecule has 2 aromatic rings. The molecule has 0 aliphatic carbocycles. The molecular formula is C17H18ClFN2O2. The number of amides is 1. The fraction of sp³-hybridized carbons (Fsp3) is 0.235. The standard InChI is InChI=1S/C17H18ClFN2O2/c1-2-20-9-10-21-17(22)15-11-12(18)3-8-16(15)23-14-6-4-13(19)5-7-14/h3-8,11,20H,2,9-10H2,1H3,(H,21,22). The second-order valence-corrected chi connectivity index (χ2v) is 5.24. The van der Waals surface area contributed by atoms with Crippen molar-refractivity contribution in [3.63, 3.8) is 0 Å². The molecule has 0 heterocycles. The van der Waals surface area contributed by atoms with Gasteiger partial charge in [0.1, 0.15) is 17.3 Å². The summed E-state index contributed by atoms with van der Waals surface area (Å²) in [6.45, 7) is 4.01. The summed E-state index contributed by atoms with van der Waals surface area (Å²) in [5.74, 6) is 0.176. The van der Waals surface area contributed by atoms with Gasteiger partial charge in [0.2, 0.25) is 0 Å². The number of hydrogen-bond acceptors (Lipinski definition) is 3. The lowest BCUT2D eigenvalue weighted by Crippen LogP contribution is -2.31. The van der Waals surface area contributed by atoms with E-state index < -0.39 is 0 Å². The quantitative estimate of drug-likeness (QED) is 0.759. The highest BCUT2D eigenvalue weighted by atomic mass is 35.5. The fourth-order valence-corrected chi connectivity index (χ4v) is 2.11. The highest BCUT2D eigenvalue weighted by Crippen LogP contribution is 2.28. The number of carbonyl (C=O) groups is 1. The Morgan fingerprint density at radius 1 is 1.17 bits per heavy atom. The first-order chi connectivity index (χ1) is 11.1. The molecule has 0 radical (unpaired) electrons. The second kappa shape index (κ2) is 8.50.